The van der Waals surface area contributed by atoms with E-state index in [-0.39, 0.29) is 17.5 Å². The average molecular weight is 304 g/mol. The van der Waals surface area contributed by atoms with Gasteiger partial charge >= 0.3 is 6.18 Å². The summed E-state index contributed by atoms with van der Waals surface area (Å²) in [5.41, 5.74) is -0.669. The van der Waals surface area contributed by atoms with Crippen LogP contribution in [0.3, 0.4) is 0 Å². The van der Waals surface area contributed by atoms with E-state index in [0.717, 1.165) is 19.0 Å². The summed E-state index contributed by atoms with van der Waals surface area (Å²) in [5.74, 6) is -0.751. The molecule has 21 heavy (non-hydrogen) atoms. The number of hydrogen-bond donors (Lipinski definition) is 1. The lowest BCUT2D eigenvalue weighted by Crippen LogP contribution is -2.31. The second kappa shape index (κ2) is 6.32. The average Bonchev–Trinajstić information content (AvgIpc) is 2.81. The first-order valence-electron chi connectivity index (χ1n) is 7.13. The van der Waals surface area contributed by atoms with E-state index in [0.29, 0.717) is 19.2 Å². The Balaban J connectivity index is 2.47. The van der Waals surface area contributed by atoms with Gasteiger partial charge in [0.05, 0.1) is 5.56 Å². The third kappa shape index (κ3) is 3.37. The molecular weight excluding hydrogens is 284 g/mol. The predicted molar refractivity (Wildman–Crippen MR) is 73.4 cm³/mol. The molecule has 1 N–H and O–H groups in total. The minimum Gasteiger partial charge on any atom is -0.319 e. The Labute approximate surface area is 122 Å². The van der Waals surface area contributed by atoms with Crippen molar-refractivity contribution in [3.8, 4) is 0 Å². The zero-order chi connectivity index (χ0) is 15.6. The summed E-state index contributed by atoms with van der Waals surface area (Å²) >= 11 is 0. The van der Waals surface area contributed by atoms with E-state index in [1.54, 1.807) is 7.05 Å². The normalized spacial score (nSPS) is 23.7. The van der Waals surface area contributed by atoms with E-state index in [1.165, 1.54) is 6.07 Å². The van der Waals surface area contributed by atoms with Crippen LogP contribution in [0.5, 0.6) is 0 Å². The molecule has 1 heterocycles. The van der Waals surface area contributed by atoms with Crippen LogP contribution in [0.1, 0.15) is 30.5 Å². The van der Waals surface area contributed by atoms with Crippen LogP contribution in [0.4, 0.5) is 17.6 Å². The molecule has 1 aliphatic heterocycles. The van der Waals surface area contributed by atoms with Crippen molar-refractivity contribution in [3.63, 3.8) is 0 Å². The number of halogens is 4. The van der Waals surface area contributed by atoms with Crippen molar-refractivity contribution < 1.29 is 17.6 Å². The second-order valence-corrected chi connectivity index (χ2v) is 5.41. The van der Waals surface area contributed by atoms with Crippen LogP contribution in [-0.4, -0.2) is 31.6 Å². The van der Waals surface area contributed by atoms with Crippen LogP contribution in [0.15, 0.2) is 18.2 Å². The molecule has 118 valence electrons. The van der Waals surface area contributed by atoms with Crippen molar-refractivity contribution >= 4 is 0 Å². The maximum atomic E-state index is 13.3. The van der Waals surface area contributed by atoms with Crippen molar-refractivity contribution in [3.05, 3.63) is 35.1 Å². The van der Waals surface area contributed by atoms with E-state index in [4.69, 9.17) is 0 Å². The Bertz CT molecular complexity index is 487. The molecule has 0 aliphatic carbocycles. The number of hydrogen-bond acceptors (Lipinski definition) is 2. The second-order valence-electron chi connectivity index (χ2n) is 5.41. The molecule has 1 fully saturated rings. The highest BCUT2D eigenvalue weighted by Gasteiger charge is 2.41. The molecule has 6 heteroatoms. The Hall–Kier alpha value is -1.14. The molecule has 2 nitrogen and oxygen atoms in total. The lowest BCUT2D eigenvalue weighted by atomic mass is 9.90. The Morgan fingerprint density at radius 2 is 2.05 bits per heavy atom. The van der Waals surface area contributed by atoms with Gasteiger partial charge in [0.2, 0.25) is 0 Å². The largest absolute Gasteiger partial charge is 0.416 e. The van der Waals surface area contributed by atoms with Gasteiger partial charge in [-0.3, -0.25) is 4.90 Å². The van der Waals surface area contributed by atoms with Crippen LogP contribution in [0, 0.1) is 11.7 Å². The number of rotatable bonds is 4. The first-order chi connectivity index (χ1) is 9.88. The van der Waals surface area contributed by atoms with Crippen molar-refractivity contribution in [2.75, 3.05) is 26.7 Å². The van der Waals surface area contributed by atoms with Gasteiger partial charge in [0.15, 0.2) is 0 Å². The molecule has 0 spiro atoms. The Kier molecular flexibility index (Phi) is 4.88. The summed E-state index contributed by atoms with van der Waals surface area (Å²) in [6.07, 6.45) is -3.70. The van der Waals surface area contributed by atoms with Crippen LogP contribution in [0.25, 0.3) is 0 Å². The molecule has 2 rings (SSSR count). The summed E-state index contributed by atoms with van der Waals surface area (Å²) in [6, 6.07) is 2.70. The van der Waals surface area contributed by atoms with Gasteiger partial charge in [-0.2, -0.15) is 13.2 Å². The van der Waals surface area contributed by atoms with E-state index < -0.39 is 17.6 Å². The highest BCUT2D eigenvalue weighted by atomic mass is 19.4. The first kappa shape index (κ1) is 16.2. The summed E-state index contributed by atoms with van der Waals surface area (Å²) in [4.78, 5) is 2.03. The van der Waals surface area contributed by atoms with E-state index in [1.807, 2.05) is 11.8 Å². The van der Waals surface area contributed by atoms with Crippen LogP contribution >= 0.6 is 0 Å². The minimum absolute atomic E-state index is 0.0986. The maximum absolute atomic E-state index is 13.3. The van der Waals surface area contributed by atoms with Crippen molar-refractivity contribution in [1.82, 2.24) is 10.2 Å². The molecule has 2 atom stereocenters. The Morgan fingerprint density at radius 3 is 2.62 bits per heavy atom. The third-order valence-electron chi connectivity index (χ3n) is 4.14. The van der Waals surface area contributed by atoms with Gasteiger partial charge in [-0.15, -0.1) is 0 Å². The lowest BCUT2D eigenvalue weighted by Gasteiger charge is -2.30. The predicted octanol–water partition coefficient (Wildman–Crippen LogP) is 3.45. The standard InChI is InChI=1S/C15H20F4N2/c1-3-21-7-6-10(9-20-2)14(21)12-5-4-11(16)8-13(12)15(17,18)19/h4-5,8,10,14,20H,3,6-7,9H2,1-2H3. The lowest BCUT2D eigenvalue weighted by molar-refractivity contribution is -0.139. The van der Waals surface area contributed by atoms with Crippen LogP contribution < -0.4 is 5.32 Å². The van der Waals surface area contributed by atoms with Crippen molar-refractivity contribution in [1.29, 1.82) is 0 Å². The highest BCUT2D eigenvalue weighted by Crippen LogP contribution is 2.43. The molecular formula is C15H20F4N2. The quantitative estimate of drug-likeness (QED) is 0.857. The summed E-state index contributed by atoms with van der Waals surface area (Å²) in [7, 11) is 1.79. The number of nitrogens with zero attached hydrogens (tertiary/aromatic N) is 1. The zero-order valence-corrected chi connectivity index (χ0v) is 12.2. The maximum Gasteiger partial charge on any atom is 0.416 e. The van der Waals surface area contributed by atoms with Gasteiger partial charge in [-0.25, -0.2) is 4.39 Å². The van der Waals surface area contributed by atoms with Gasteiger partial charge in [-0.1, -0.05) is 13.0 Å². The molecule has 0 saturated carbocycles. The fraction of sp³-hybridized carbons (Fsp3) is 0.600. The van der Waals surface area contributed by atoms with Gasteiger partial charge in [0, 0.05) is 6.04 Å². The molecule has 0 bridgehead atoms. The molecule has 0 radical (unpaired) electrons. The summed E-state index contributed by atoms with van der Waals surface area (Å²) in [6.45, 7) is 4.03. The smallest absolute Gasteiger partial charge is 0.319 e. The highest BCUT2D eigenvalue weighted by molar-refractivity contribution is 5.34. The van der Waals surface area contributed by atoms with Crippen LogP contribution in [0.2, 0.25) is 0 Å². The fourth-order valence-electron chi connectivity index (χ4n) is 3.24. The Morgan fingerprint density at radius 1 is 1.33 bits per heavy atom. The van der Waals surface area contributed by atoms with Crippen LogP contribution in [-0.2, 0) is 6.18 Å². The van der Waals surface area contributed by atoms with Crippen molar-refractivity contribution in [2.45, 2.75) is 25.6 Å². The van der Waals surface area contributed by atoms with E-state index in [9.17, 15) is 17.6 Å². The van der Waals surface area contributed by atoms with E-state index >= 15 is 0 Å². The summed E-state index contributed by atoms with van der Waals surface area (Å²) < 4.78 is 52.9. The molecule has 0 amide bonds. The van der Waals surface area contributed by atoms with Gasteiger partial charge in [0.25, 0.3) is 0 Å². The van der Waals surface area contributed by atoms with Crippen molar-refractivity contribution in [2.24, 2.45) is 5.92 Å². The third-order valence-corrected chi connectivity index (χ3v) is 4.14. The monoisotopic (exact) mass is 304 g/mol. The summed E-state index contributed by atoms with van der Waals surface area (Å²) in [5, 5.41) is 3.04. The number of likely N-dealkylation sites (tertiary alicyclic amines) is 1. The molecule has 0 aromatic heterocycles. The number of alkyl halides is 3. The van der Waals surface area contributed by atoms with Gasteiger partial charge in [0.1, 0.15) is 5.82 Å². The number of nitrogens with one attached hydrogen (secondary N) is 1. The number of benzene rings is 1. The minimum atomic E-state index is -4.54. The first-order valence-corrected chi connectivity index (χ1v) is 7.13. The molecule has 1 saturated heterocycles. The van der Waals surface area contributed by atoms with Gasteiger partial charge < -0.3 is 5.32 Å². The molecule has 1 aromatic carbocycles. The topological polar surface area (TPSA) is 15.3 Å². The molecule has 1 aromatic rings. The fourth-order valence-corrected chi connectivity index (χ4v) is 3.24. The van der Waals surface area contributed by atoms with Gasteiger partial charge in [-0.05, 0) is 56.7 Å². The SMILES string of the molecule is CCN1CCC(CNC)C1c1ccc(F)cc1C(F)(F)F. The molecule has 2 unspecified atom stereocenters. The molecule has 1 aliphatic rings. The zero-order valence-electron chi connectivity index (χ0n) is 12.2. The van der Waals surface area contributed by atoms with E-state index in [2.05, 4.69) is 5.32 Å².